The van der Waals surface area contributed by atoms with Crippen LogP contribution in [0, 0.1) is 0 Å². The number of aromatic nitrogens is 1. The van der Waals surface area contributed by atoms with E-state index in [1.54, 1.807) is 60.3 Å². The van der Waals surface area contributed by atoms with Crippen molar-refractivity contribution in [1.29, 1.82) is 0 Å². The molecule has 1 heterocycles. The number of fused-ring (bicyclic) bond motifs is 1. The average molecular weight is 381 g/mol. The van der Waals surface area contributed by atoms with Crippen LogP contribution in [0.25, 0.3) is 10.8 Å². The Labute approximate surface area is 163 Å². The monoisotopic (exact) mass is 381 g/mol. The average Bonchev–Trinajstić information content (AvgIpc) is 2.74. The highest BCUT2D eigenvalue weighted by atomic mass is 16.5. The molecule has 6 nitrogen and oxygen atoms in total. The summed E-state index contributed by atoms with van der Waals surface area (Å²) in [4.78, 5) is 25.0. The number of ether oxygens (including phenoxy) is 3. The molecule has 28 heavy (non-hydrogen) atoms. The molecule has 0 radical (unpaired) electrons. The number of Topliss-reactive ketones (excluding diaryl/α,β-unsaturated/α-hetero) is 1. The van der Waals surface area contributed by atoms with Crippen molar-refractivity contribution in [2.75, 3.05) is 26.9 Å². The predicted octanol–water partition coefficient (Wildman–Crippen LogP) is 3.31. The van der Waals surface area contributed by atoms with Gasteiger partial charge in [0.05, 0.1) is 19.1 Å². The van der Waals surface area contributed by atoms with Crippen molar-refractivity contribution in [2.24, 2.45) is 0 Å². The largest absolute Gasteiger partial charge is 0.497 e. The number of hydrogen-bond acceptors (Lipinski definition) is 5. The molecule has 3 rings (SSSR count). The maximum Gasteiger partial charge on any atom is 0.258 e. The molecule has 0 fully saturated rings. The zero-order valence-electron chi connectivity index (χ0n) is 16.0. The van der Waals surface area contributed by atoms with Gasteiger partial charge in [-0.3, -0.25) is 9.59 Å². The molecule has 0 aliphatic carbocycles. The molecule has 0 aliphatic rings. The number of ketones is 1. The van der Waals surface area contributed by atoms with Crippen molar-refractivity contribution in [3.05, 3.63) is 70.6 Å². The van der Waals surface area contributed by atoms with E-state index in [9.17, 15) is 9.59 Å². The van der Waals surface area contributed by atoms with E-state index in [0.29, 0.717) is 47.6 Å². The first-order valence-electron chi connectivity index (χ1n) is 9.14. The van der Waals surface area contributed by atoms with Crippen molar-refractivity contribution in [3.8, 4) is 11.5 Å². The second-order valence-corrected chi connectivity index (χ2v) is 6.17. The molecular weight excluding hydrogens is 358 g/mol. The third kappa shape index (κ3) is 4.40. The molecule has 0 N–H and O–H groups in total. The summed E-state index contributed by atoms with van der Waals surface area (Å²) in [5.74, 6) is 1.05. The van der Waals surface area contributed by atoms with Gasteiger partial charge >= 0.3 is 0 Å². The van der Waals surface area contributed by atoms with Gasteiger partial charge in [-0.2, -0.15) is 0 Å². The van der Waals surface area contributed by atoms with Gasteiger partial charge < -0.3 is 18.8 Å². The summed E-state index contributed by atoms with van der Waals surface area (Å²) >= 11 is 0. The quantitative estimate of drug-likeness (QED) is 0.420. The lowest BCUT2D eigenvalue weighted by atomic mass is 10.1. The molecule has 0 amide bonds. The van der Waals surface area contributed by atoms with Crippen molar-refractivity contribution < 1.29 is 19.0 Å². The third-order valence-electron chi connectivity index (χ3n) is 4.43. The molecule has 146 valence electrons. The molecule has 0 atom stereocenters. The van der Waals surface area contributed by atoms with E-state index in [2.05, 4.69) is 0 Å². The lowest BCUT2D eigenvalue weighted by molar-refractivity contribution is 0.0922. The van der Waals surface area contributed by atoms with Gasteiger partial charge in [0.1, 0.15) is 11.5 Å². The highest BCUT2D eigenvalue weighted by molar-refractivity contribution is 5.97. The Bertz CT molecular complexity index is 1010. The first-order chi connectivity index (χ1) is 13.6. The topological polar surface area (TPSA) is 66.8 Å². The molecule has 0 saturated carbocycles. The number of rotatable bonds is 9. The summed E-state index contributed by atoms with van der Waals surface area (Å²) in [6.07, 6.45) is 1.72. The van der Waals surface area contributed by atoms with Gasteiger partial charge in [0.2, 0.25) is 0 Å². The predicted molar refractivity (Wildman–Crippen MR) is 108 cm³/mol. The summed E-state index contributed by atoms with van der Waals surface area (Å²) in [5, 5.41) is 1.23. The van der Waals surface area contributed by atoms with Crippen LogP contribution in [0.1, 0.15) is 17.3 Å². The molecule has 0 unspecified atom stereocenters. The standard InChI is InChI=1S/C22H23NO5/c1-3-27-14-13-23-12-11-18-19(22(23)25)5-4-6-21(18)28-15-20(24)16-7-9-17(26-2)10-8-16/h4-12H,3,13-15H2,1-2H3. The first-order valence-corrected chi connectivity index (χ1v) is 9.14. The van der Waals surface area contributed by atoms with Crippen LogP contribution in [0.2, 0.25) is 0 Å². The Morgan fingerprint density at radius 3 is 2.54 bits per heavy atom. The fourth-order valence-corrected chi connectivity index (χ4v) is 2.90. The minimum Gasteiger partial charge on any atom is -0.497 e. The number of carbonyl (C=O) groups is 1. The molecule has 3 aromatic rings. The van der Waals surface area contributed by atoms with Gasteiger partial charge in [0, 0.05) is 30.3 Å². The molecular formula is C22H23NO5. The zero-order valence-corrected chi connectivity index (χ0v) is 16.0. The summed E-state index contributed by atoms with van der Waals surface area (Å²) in [6, 6.07) is 14.0. The van der Waals surface area contributed by atoms with E-state index < -0.39 is 0 Å². The van der Waals surface area contributed by atoms with Gasteiger partial charge in [-0.25, -0.2) is 0 Å². The Balaban J connectivity index is 1.76. The fourth-order valence-electron chi connectivity index (χ4n) is 2.90. The van der Waals surface area contributed by atoms with Gasteiger partial charge in [0.15, 0.2) is 12.4 Å². The van der Waals surface area contributed by atoms with Crippen molar-refractivity contribution in [1.82, 2.24) is 4.57 Å². The smallest absolute Gasteiger partial charge is 0.258 e. The SMILES string of the molecule is CCOCCn1ccc2c(OCC(=O)c3ccc(OC)cc3)cccc2c1=O. The molecule has 2 aromatic carbocycles. The van der Waals surface area contributed by atoms with E-state index in [0.717, 1.165) is 0 Å². The Morgan fingerprint density at radius 1 is 1.04 bits per heavy atom. The van der Waals surface area contributed by atoms with E-state index >= 15 is 0 Å². The second kappa shape index (κ2) is 9.19. The van der Waals surface area contributed by atoms with E-state index in [4.69, 9.17) is 14.2 Å². The van der Waals surface area contributed by atoms with Crippen LogP contribution in [-0.2, 0) is 11.3 Å². The summed E-state index contributed by atoms with van der Waals surface area (Å²) in [6.45, 7) is 3.39. The van der Waals surface area contributed by atoms with Gasteiger partial charge in [-0.05, 0) is 49.4 Å². The number of hydrogen-bond donors (Lipinski definition) is 0. The van der Waals surface area contributed by atoms with Crippen molar-refractivity contribution >= 4 is 16.6 Å². The molecule has 0 saturated heterocycles. The van der Waals surface area contributed by atoms with E-state index in [1.807, 2.05) is 13.0 Å². The van der Waals surface area contributed by atoms with Gasteiger partial charge in [-0.1, -0.05) is 6.07 Å². The van der Waals surface area contributed by atoms with E-state index in [1.165, 1.54) is 0 Å². The van der Waals surface area contributed by atoms with Crippen LogP contribution < -0.4 is 15.0 Å². The Kier molecular flexibility index (Phi) is 6.45. The van der Waals surface area contributed by atoms with E-state index in [-0.39, 0.29) is 17.9 Å². The van der Waals surface area contributed by atoms with Crippen LogP contribution in [-0.4, -0.2) is 37.3 Å². The normalized spacial score (nSPS) is 10.8. The Morgan fingerprint density at radius 2 is 1.82 bits per heavy atom. The first kappa shape index (κ1) is 19.6. The molecule has 1 aromatic heterocycles. The summed E-state index contributed by atoms with van der Waals surface area (Å²) in [5.41, 5.74) is 0.434. The summed E-state index contributed by atoms with van der Waals surface area (Å²) < 4.78 is 17.8. The van der Waals surface area contributed by atoms with Gasteiger partial charge in [-0.15, -0.1) is 0 Å². The van der Waals surface area contributed by atoms with Crippen molar-refractivity contribution in [2.45, 2.75) is 13.5 Å². The minimum absolute atomic E-state index is 0.107. The van der Waals surface area contributed by atoms with Crippen LogP contribution in [0.5, 0.6) is 11.5 Å². The molecule has 0 spiro atoms. The number of nitrogens with zero attached hydrogens (tertiary/aromatic N) is 1. The molecule has 0 aliphatic heterocycles. The maximum absolute atomic E-state index is 12.7. The fraction of sp³-hybridized carbons (Fsp3) is 0.273. The molecule has 6 heteroatoms. The minimum atomic E-state index is -0.148. The number of carbonyl (C=O) groups excluding carboxylic acids is 1. The van der Waals surface area contributed by atoms with Crippen LogP contribution in [0.15, 0.2) is 59.5 Å². The van der Waals surface area contributed by atoms with Crippen LogP contribution in [0.3, 0.4) is 0 Å². The second-order valence-electron chi connectivity index (χ2n) is 6.17. The third-order valence-corrected chi connectivity index (χ3v) is 4.43. The highest BCUT2D eigenvalue weighted by Crippen LogP contribution is 2.23. The zero-order chi connectivity index (χ0) is 19.9. The highest BCUT2D eigenvalue weighted by Gasteiger charge is 2.11. The summed E-state index contributed by atoms with van der Waals surface area (Å²) in [7, 11) is 1.57. The number of pyridine rings is 1. The number of benzene rings is 2. The lowest BCUT2D eigenvalue weighted by Gasteiger charge is -2.11. The Hall–Kier alpha value is -3.12. The van der Waals surface area contributed by atoms with Gasteiger partial charge in [0.25, 0.3) is 5.56 Å². The maximum atomic E-state index is 12.7. The van der Waals surface area contributed by atoms with Crippen LogP contribution in [0.4, 0.5) is 0 Å². The number of methoxy groups -OCH3 is 1. The molecule has 0 bridgehead atoms. The van der Waals surface area contributed by atoms with Crippen LogP contribution >= 0.6 is 0 Å². The lowest BCUT2D eigenvalue weighted by Crippen LogP contribution is -2.22. The van der Waals surface area contributed by atoms with Crippen molar-refractivity contribution in [3.63, 3.8) is 0 Å².